The predicted octanol–water partition coefficient (Wildman–Crippen LogP) is 2.35. The largest absolute Gasteiger partial charge is 0.497 e. The highest BCUT2D eigenvalue weighted by Crippen LogP contribution is 2.21. The van der Waals surface area contributed by atoms with Crippen LogP contribution < -0.4 is 0 Å². The molecule has 108 valence electrons. The van der Waals surface area contributed by atoms with E-state index < -0.39 is 11.9 Å². The summed E-state index contributed by atoms with van der Waals surface area (Å²) in [6, 6.07) is 0. The van der Waals surface area contributed by atoms with Gasteiger partial charge in [-0.05, 0) is 39.5 Å². The van der Waals surface area contributed by atoms with Gasteiger partial charge in [-0.2, -0.15) is 0 Å². The summed E-state index contributed by atoms with van der Waals surface area (Å²) in [5, 5.41) is 0. The monoisotopic (exact) mass is 270 g/mol. The minimum Gasteiger partial charge on any atom is -0.497 e. The van der Waals surface area contributed by atoms with E-state index in [-0.39, 0.29) is 24.9 Å². The number of carbonyl (C=O) groups is 2. The fourth-order valence-corrected chi connectivity index (χ4v) is 1.96. The van der Waals surface area contributed by atoms with Crippen LogP contribution in [0.3, 0.4) is 0 Å². The lowest BCUT2D eigenvalue weighted by Gasteiger charge is -2.21. The van der Waals surface area contributed by atoms with E-state index in [0.717, 1.165) is 25.7 Å². The number of esters is 2. The minimum absolute atomic E-state index is 0.0765. The van der Waals surface area contributed by atoms with Crippen molar-refractivity contribution < 1.29 is 23.8 Å². The van der Waals surface area contributed by atoms with E-state index in [1.807, 2.05) is 0 Å². The number of carbonyl (C=O) groups excluding carboxylic acids is 2. The van der Waals surface area contributed by atoms with E-state index in [2.05, 4.69) is 0 Å². The lowest BCUT2D eigenvalue weighted by molar-refractivity contribution is -0.147. The quantitative estimate of drug-likeness (QED) is 0.244. The Hall–Kier alpha value is -1.52. The molecule has 0 unspecified atom stereocenters. The Bertz CT molecular complexity index is 309. The highest BCUT2D eigenvalue weighted by Gasteiger charge is 2.23. The SMILES string of the molecule is CCOC(=O)C(=COC1CCCCC1)C(=O)OCC. The number of rotatable bonds is 6. The molecule has 0 atom stereocenters. The van der Waals surface area contributed by atoms with Gasteiger partial charge in [0.1, 0.15) is 6.26 Å². The van der Waals surface area contributed by atoms with E-state index in [9.17, 15) is 9.59 Å². The smallest absolute Gasteiger partial charge is 0.348 e. The molecule has 0 aliphatic heterocycles. The molecule has 0 amide bonds. The second-order valence-corrected chi connectivity index (χ2v) is 4.37. The van der Waals surface area contributed by atoms with Crippen LogP contribution in [0, 0.1) is 0 Å². The molecule has 1 rings (SSSR count). The average molecular weight is 270 g/mol. The van der Waals surface area contributed by atoms with Gasteiger partial charge in [-0.1, -0.05) is 6.42 Å². The lowest BCUT2D eigenvalue weighted by Crippen LogP contribution is -2.20. The third kappa shape index (κ3) is 5.32. The molecule has 5 heteroatoms. The van der Waals surface area contributed by atoms with Crippen LogP contribution in [0.25, 0.3) is 0 Å². The lowest BCUT2D eigenvalue weighted by atomic mass is 9.98. The van der Waals surface area contributed by atoms with Crippen LogP contribution in [0.4, 0.5) is 0 Å². The van der Waals surface area contributed by atoms with Gasteiger partial charge >= 0.3 is 11.9 Å². The minimum atomic E-state index is -0.697. The molecule has 0 aromatic heterocycles. The van der Waals surface area contributed by atoms with Crippen molar-refractivity contribution in [1.82, 2.24) is 0 Å². The van der Waals surface area contributed by atoms with Crippen LogP contribution in [-0.4, -0.2) is 31.3 Å². The summed E-state index contributed by atoms with van der Waals surface area (Å²) < 4.78 is 15.2. The summed E-state index contributed by atoms with van der Waals surface area (Å²) in [4.78, 5) is 23.3. The van der Waals surface area contributed by atoms with Crippen LogP contribution in [0.5, 0.6) is 0 Å². The molecule has 5 nitrogen and oxygen atoms in total. The van der Waals surface area contributed by atoms with E-state index >= 15 is 0 Å². The second kappa shape index (κ2) is 8.56. The van der Waals surface area contributed by atoms with Crippen molar-refractivity contribution in [2.24, 2.45) is 0 Å². The first-order valence-electron chi connectivity index (χ1n) is 6.88. The summed E-state index contributed by atoms with van der Waals surface area (Å²) in [6.07, 6.45) is 6.63. The highest BCUT2D eigenvalue weighted by atomic mass is 16.6. The third-order valence-electron chi connectivity index (χ3n) is 2.92. The Morgan fingerprint density at radius 3 is 2.00 bits per heavy atom. The molecule has 1 aliphatic carbocycles. The summed E-state index contributed by atoms with van der Waals surface area (Å²) in [5.74, 6) is -1.39. The average Bonchev–Trinajstić information content (AvgIpc) is 2.41. The second-order valence-electron chi connectivity index (χ2n) is 4.37. The molecule has 0 aromatic carbocycles. The van der Waals surface area contributed by atoms with Crippen molar-refractivity contribution in [3.05, 3.63) is 11.8 Å². The maximum Gasteiger partial charge on any atom is 0.348 e. The fourth-order valence-electron chi connectivity index (χ4n) is 1.96. The normalized spacial score (nSPS) is 15.5. The van der Waals surface area contributed by atoms with Gasteiger partial charge < -0.3 is 14.2 Å². The maximum atomic E-state index is 11.7. The Balaban J connectivity index is 2.64. The number of ether oxygens (including phenoxy) is 3. The molecular weight excluding hydrogens is 248 g/mol. The number of hydrogen-bond donors (Lipinski definition) is 0. The molecule has 19 heavy (non-hydrogen) atoms. The number of hydrogen-bond acceptors (Lipinski definition) is 5. The van der Waals surface area contributed by atoms with Crippen LogP contribution in [0.15, 0.2) is 11.8 Å². The molecule has 0 radical (unpaired) electrons. The van der Waals surface area contributed by atoms with E-state index in [1.54, 1.807) is 13.8 Å². The van der Waals surface area contributed by atoms with Crippen molar-refractivity contribution in [1.29, 1.82) is 0 Å². The first-order valence-corrected chi connectivity index (χ1v) is 6.88. The molecule has 0 N–H and O–H groups in total. The van der Waals surface area contributed by atoms with Crippen molar-refractivity contribution >= 4 is 11.9 Å². The predicted molar refractivity (Wildman–Crippen MR) is 69.3 cm³/mol. The Kier molecular flexibility index (Phi) is 7.00. The Morgan fingerprint density at radius 1 is 1.00 bits per heavy atom. The summed E-state index contributed by atoms with van der Waals surface area (Å²) in [7, 11) is 0. The Morgan fingerprint density at radius 2 is 1.53 bits per heavy atom. The first kappa shape index (κ1) is 15.5. The third-order valence-corrected chi connectivity index (χ3v) is 2.92. The highest BCUT2D eigenvalue weighted by molar-refractivity contribution is 6.13. The fraction of sp³-hybridized carbons (Fsp3) is 0.714. The summed E-state index contributed by atoms with van der Waals surface area (Å²) in [5.41, 5.74) is -0.172. The van der Waals surface area contributed by atoms with Gasteiger partial charge in [0, 0.05) is 0 Å². The molecule has 0 bridgehead atoms. The van der Waals surface area contributed by atoms with Gasteiger partial charge in [-0.3, -0.25) is 0 Å². The van der Waals surface area contributed by atoms with Gasteiger partial charge in [0.2, 0.25) is 0 Å². The zero-order valence-electron chi connectivity index (χ0n) is 11.6. The molecule has 0 aromatic rings. The van der Waals surface area contributed by atoms with E-state index in [0.29, 0.717) is 0 Å². The van der Waals surface area contributed by atoms with Crippen LogP contribution in [0.2, 0.25) is 0 Å². The summed E-state index contributed by atoms with van der Waals surface area (Å²) >= 11 is 0. The van der Waals surface area contributed by atoms with Crippen LogP contribution in [0.1, 0.15) is 46.0 Å². The first-order chi connectivity index (χ1) is 9.19. The van der Waals surface area contributed by atoms with Gasteiger partial charge in [0.15, 0.2) is 5.57 Å². The Labute approximate surface area is 113 Å². The molecule has 0 spiro atoms. The van der Waals surface area contributed by atoms with Crippen LogP contribution in [-0.2, 0) is 23.8 Å². The topological polar surface area (TPSA) is 61.8 Å². The van der Waals surface area contributed by atoms with Crippen molar-refractivity contribution in [3.63, 3.8) is 0 Å². The molecule has 1 aliphatic rings. The van der Waals surface area contributed by atoms with E-state index in [4.69, 9.17) is 14.2 Å². The molecule has 1 saturated carbocycles. The summed E-state index contributed by atoms with van der Waals surface area (Å²) in [6.45, 7) is 3.78. The van der Waals surface area contributed by atoms with E-state index in [1.165, 1.54) is 12.7 Å². The zero-order valence-corrected chi connectivity index (χ0v) is 11.6. The van der Waals surface area contributed by atoms with Crippen molar-refractivity contribution in [2.45, 2.75) is 52.1 Å². The van der Waals surface area contributed by atoms with Gasteiger partial charge in [0.25, 0.3) is 0 Å². The van der Waals surface area contributed by atoms with Gasteiger partial charge in [-0.15, -0.1) is 0 Å². The van der Waals surface area contributed by atoms with Gasteiger partial charge in [-0.25, -0.2) is 9.59 Å². The molecule has 0 heterocycles. The molecular formula is C14H22O5. The van der Waals surface area contributed by atoms with Crippen molar-refractivity contribution in [3.8, 4) is 0 Å². The zero-order chi connectivity index (χ0) is 14.1. The standard InChI is InChI=1S/C14H22O5/c1-3-17-13(15)12(14(16)18-4-2)10-19-11-8-6-5-7-9-11/h10-11H,3-9H2,1-2H3. The molecule has 1 fully saturated rings. The molecule has 0 saturated heterocycles. The van der Waals surface area contributed by atoms with Crippen LogP contribution >= 0.6 is 0 Å². The van der Waals surface area contributed by atoms with Crippen molar-refractivity contribution in [2.75, 3.05) is 13.2 Å². The maximum absolute atomic E-state index is 11.7. The van der Waals surface area contributed by atoms with Gasteiger partial charge in [0.05, 0.1) is 19.3 Å².